The molecule has 0 amide bonds. The Balaban J connectivity index is 3.13. The molecular weight excluding hydrogens is 180 g/mol. The summed E-state index contributed by atoms with van der Waals surface area (Å²) in [7, 11) is 5.36. The van der Waals surface area contributed by atoms with Crippen molar-refractivity contribution in [1.29, 1.82) is 0 Å². The van der Waals surface area contributed by atoms with E-state index in [0.29, 0.717) is 5.88 Å². The fourth-order valence-corrected chi connectivity index (χ4v) is 1.09. The number of anilines is 1. The normalized spacial score (nSPS) is 12.4. The first-order chi connectivity index (χ1) is 6.54. The van der Waals surface area contributed by atoms with E-state index in [0.717, 1.165) is 11.4 Å². The van der Waals surface area contributed by atoms with Gasteiger partial charge in [0.25, 0.3) is 0 Å². The van der Waals surface area contributed by atoms with Crippen LogP contribution in [0.4, 0.5) is 5.82 Å². The summed E-state index contributed by atoms with van der Waals surface area (Å²) in [4.78, 5) is 6.10. The first-order valence-electron chi connectivity index (χ1n) is 4.46. The van der Waals surface area contributed by atoms with Gasteiger partial charge >= 0.3 is 0 Å². The summed E-state index contributed by atoms with van der Waals surface area (Å²) in [6, 6.07) is 3.57. The van der Waals surface area contributed by atoms with E-state index < -0.39 is 6.10 Å². The molecule has 0 saturated heterocycles. The number of hydrogen-bond acceptors (Lipinski definition) is 4. The summed E-state index contributed by atoms with van der Waals surface area (Å²) in [6.07, 6.45) is -0.509. The number of methoxy groups -OCH3 is 1. The fraction of sp³-hybridized carbons (Fsp3) is 0.500. The lowest BCUT2D eigenvalue weighted by molar-refractivity contribution is 0.198. The molecule has 1 heterocycles. The molecule has 1 N–H and O–H groups in total. The highest BCUT2D eigenvalue weighted by atomic mass is 16.5. The number of hydrogen-bond donors (Lipinski definition) is 1. The minimum absolute atomic E-state index is 0.509. The van der Waals surface area contributed by atoms with Gasteiger partial charge in [-0.05, 0) is 18.6 Å². The third kappa shape index (κ3) is 2.35. The zero-order valence-corrected chi connectivity index (χ0v) is 8.98. The van der Waals surface area contributed by atoms with Crippen LogP contribution in [0.3, 0.4) is 0 Å². The van der Waals surface area contributed by atoms with Gasteiger partial charge in [0.2, 0.25) is 5.88 Å². The topological polar surface area (TPSA) is 45.6 Å². The van der Waals surface area contributed by atoms with Crippen molar-refractivity contribution in [2.24, 2.45) is 0 Å². The van der Waals surface area contributed by atoms with Crippen LogP contribution < -0.4 is 9.64 Å². The SMILES string of the molecule is COc1cc(C(C)O)cc(N(C)C)n1. The van der Waals surface area contributed by atoms with E-state index >= 15 is 0 Å². The lowest BCUT2D eigenvalue weighted by Crippen LogP contribution is -2.12. The fourth-order valence-electron chi connectivity index (χ4n) is 1.09. The molecule has 0 spiro atoms. The van der Waals surface area contributed by atoms with E-state index in [-0.39, 0.29) is 0 Å². The second-order valence-corrected chi connectivity index (χ2v) is 3.37. The molecule has 4 nitrogen and oxygen atoms in total. The summed E-state index contributed by atoms with van der Waals surface area (Å²) in [5.41, 5.74) is 0.806. The van der Waals surface area contributed by atoms with Gasteiger partial charge in [-0.15, -0.1) is 0 Å². The molecular formula is C10H16N2O2. The van der Waals surface area contributed by atoms with E-state index in [1.165, 1.54) is 0 Å². The van der Waals surface area contributed by atoms with E-state index in [1.807, 2.05) is 25.1 Å². The summed E-state index contributed by atoms with van der Waals surface area (Å²) >= 11 is 0. The van der Waals surface area contributed by atoms with E-state index in [1.54, 1.807) is 20.1 Å². The summed E-state index contributed by atoms with van der Waals surface area (Å²) < 4.78 is 5.05. The molecule has 0 bridgehead atoms. The zero-order chi connectivity index (χ0) is 10.7. The van der Waals surface area contributed by atoms with Gasteiger partial charge in [0, 0.05) is 20.2 Å². The molecule has 0 fully saturated rings. The van der Waals surface area contributed by atoms with Crippen LogP contribution in [-0.4, -0.2) is 31.3 Å². The lowest BCUT2D eigenvalue weighted by Gasteiger charge is -2.15. The van der Waals surface area contributed by atoms with Crippen LogP contribution in [0.1, 0.15) is 18.6 Å². The molecule has 1 atom stereocenters. The number of pyridine rings is 1. The van der Waals surface area contributed by atoms with Crippen molar-refractivity contribution < 1.29 is 9.84 Å². The Morgan fingerprint density at radius 2 is 2.07 bits per heavy atom. The Labute approximate surface area is 84.1 Å². The highest BCUT2D eigenvalue weighted by molar-refractivity contribution is 5.43. The second-order valence-electron chi connectivity index (χ2n) is 3.37. The molecule has 1 unspecified atom stereocenters. The van der Waals surface area contributed by atoms with Crippen molar-refractivity contribution in [3.05, 3.63) is 17.7 Å². The molecule has 0 aliphatic heterocycles. The Morgan fingerprint density at radius 3 is 2.50 bits per heavy atom. The maximum Gasteiger partial charge on any atom is 0.215 e. The van der Waals surface area contributed by atoms with Crippen molar-refractivity contribution in [3.63, 3.8) is 0 Å². The maximum absolute atomic E-state index is 9.45. The third-order valence-corrected chi connectivity index (χ3v) is 1.96. The zero-order valence-electron chi connectivity index (χ0n) is 8.98. The predicted octanol–water partition coefficient (Wildman–Crippen LogP) is 1.21. The van der Waals surface area contributed by atoms with Gasteiger partial charge in [-0.3, -0.25) is 0 Å². The minimum Gasteiger partial charge on any atom is -0.481 e. The molecule has 78 valence electrons. The summed E-state index contributed by atoms with van der Waals surface area (Å²) in [6.45, 7) is 1.72. The van der Waals surface area contributed by atoms with Crippen LogP contribution in [-0.2, 0) is 0 Å². The van der Waals surface area contributed by atoms with Gasteiger partial charge in [0.05, 0.1) is 13.2 Å². The van der Waals surface area contributed by atoms with Crippen molar-refractivity contribution in [2.45, 2.75) is 13.0 Å². The Kier molecular flexibility index (Phi) is 3.30. The van der Waals surface area contributed by atoms with Gasteiger partial charge in [-0.25, -0.2) is 0 Å². The molecule has 0 aromatic carbocycles. The average Bonchev–Trinajstić information content (AvgIpc) is 2.16. The highest BCUT2D eigenvalue weighted by Crippen LogP contribution is 2.22. The van der Waals surface area contributed by atoms with E-state index in [4.69, 9.17) is 4.74 Å². The van der Waals surface area contributed by atoms with Crippen LogP contribution in [0, 0.1) is 0 Å². The summed E-state index contributed by atoms with van der Waals surface area (Å²) in [5, 5.41) is 9.45. The number of aliphatic hydroxyl groups is 1. The minimum atomic E-state index is -0.509. The van der Waals surface area contributed by atoms with Gasteiger partial charge in [0.15, 0.2) is 0 Å². The number of aliphatic hydroxyl groups excluding tert-OH is 1. The van der Waals surface area contributed by atoms with E-state index in [2.05, 4.69) is 4.98 Å². The standard InChI is InChI=1S/C10H16N2O2/c1-7(13)8-5-9(12(2)3)11-10(6-8)14-4/h5-7,13H,1-4H3. The van der Waals surface area contributed by atoms with Gasteiger partial charge in [0.1, 0.15) is 5.82 Å². The van der Waals surface area contributed by atoms with Crippen LogP contribution in [0.2, 0.25) is 0 Å². The number of rotatable bonds is 3. The van der Waals surface area contributed by atoms with E-state index in [9.17, 15) is 5.11 Å². The Hall–Kier alpha value is -1.29. The predicted molar refractivity (Wildman–Crippen MR) is 55.7 cm³/mol. The molecule has 1 rings (SSSR count). The smallest absolute Gasteiger partial charge is 0.215 e. The molecule has 1 aromatic heterocycles. The van der Waals surface area contributed by atoms with Crippen molar-refractivity contribution in [1.82, 2.24) is 4.98 Å². The Bertz CT molecular complexity index is 285. The molecule has 0 saturated carbocycles. The third-order valence-electron chi connectivity index (χ3n) is 1.96. The number of ether oxygens (including phenoxy) is 1. The lowest BCUT2D eigenvalue weighted by atomic mass is 10.1. The number of nitrogens with zero attached hydrogens (tertiary/aromatic N) is 2. The largest absolute Gasteiger partial charge is 0.481 e. The molecule has 1 aromatic rings. The monoisotopic (exact) mass is 196 g/mol. The summed E-state index contributed by atoms with van der Waals surface area (Å²) in [5.74, 6) is 1.30. The van der Waals surface area contributed by atoms with Crippen LogP contribution in [0.5, 0.6) is 5.88 Å². The van der Waals surface area contributed by atoms with Crippen LogP contribution in [0.25, 0.3) is 0 Å². The second kappa shape index (κ2) is 4.28. The molecule has 0 radical (unpaired) electrons. The molecule has 0 aliphatic rings. The first kappa shape index (κ1) is 10.8. The molecule has 14 heavy (non-hydrogen) atoms. The van der Waals surface area contributed by atoms with Crippen LogP contribution in [0.15, 0.2) is 12.1 Å². The van der Waals surface area contributed by atoms with Crippen molar-refractivity contribution >= 4 is 5.82 Å². The first-order valence-corrected chi connectivity index (χ1v) is 4.46. The molecule has 4 heteroatoms. The van der Waals surface area contributed by atoms with Gasteiger partial charge in [-0.2, -0.15) is 4.98 Å². The highest BCUT2D eigenvalue weighted by Gasteiger charge is 2.08. The average molecular weight is 196 g/mol. The van der Waals surface area contributed by atoms with Gasteiger partial charge in [-0.1, -0.05) is 0 Å². The maximum atomic E-state index is 9.45. The quantitative estimate of drug-likeness (QED) is 0.789. The van der Waals surface area contributed by atoms with Crippen LogP contribution >= 0.6 is 0 Å². The number of aromatic nitrogens is 1. The van der Waals surface area contributed by atoms with Crippen molar-refractivity contribution in [2.75, 3.05) is 26.1 Å². The Morgan fingerprint density at radius 1 is 1.43 bits per heavy atom. The van der Waals surface area contributed by atoms with Crippen molar-refractivity contribution in [3.8, 4) is 5.88 Å². The van der Waals surface area contributed by atoms with Gasteiger partial charge < -0.3 is 14.7 Å². The molecule has 0 aliphatic carbocycles.